The number of urea groups is 1. The number of fused-ring (bicyclic) bond motifs is 3. The summed E-state index contributed by atoms with van der Waals surface area (Å²) in [5.74, 6) is 0.888. The van der Waals surface area contributed by atoms with E-state index in [1.807, 2.05) is 0 Å². The van der Waals surface area contributed by atoms with Crippen molar-refractivity contribution in [1.82, 2.24) is 0 Å². The number of amides is 2. The molecule has 8 nitrogen and oxygen atoms in total. The van der Waals surface area contributed by atoms with Crippen molar-refractivity contribution in [1.29, 1.82) is 0 Å². The first-order chi connectivity index (χ1) is 13.9. The maximum Gasteiger partial charge on any atom is 0.410 e. The first-order valence-corrected chi connectivity index (χ1v) is 11.9. The van der Waals surface area contributed by atoms with Crippen LogP contribution in [0.3, 0.4) is 0 Å². The Hall–Kier alpha value is -2.26. The Morgan fingerprint density at radius 3 is 3.07 bits per heavy atom. The molecule has 9 heteroatoms. The molecule has 2 aliphatic heterocycles. The molecule has 1 unspecified atom stereocenters. The fraction of sp³-hybridized carbons (Fsp3) is 0.550. The minimum absolute atomic E-state index is 0.148. The number of nitrogens with one attached hydrogen (secondary N) is 1. The molecule has 3 N–H and O–H groups in total. The van der Waals surface area contributed by atoms with Crippen LogP contribution in [0.1, 0.15) is 54.4 Å². The molecule has 0 aromatic heterocycles. The molecule has 0 saturated carbocycles. The van der Waals surface area contributed by atoms with E-state index in [0.717, 1.165) is 44.2 Å². The van der Waals surface area contributed by atoms with Crippen LogP contribution in [0.5, 0.6) is 0 Å². The topological polar surface area (TPSA) is 109 Å². The third kappa shape index (κ3) is 3.16. The molecule has 29 heavy (non-hydrogen) atoms. The number of ether oxygens (including phenoxy) is 1. The zero-order valence-corrected chi connectivity index (χ0v) is 17.4. The quantitative estimate of drug-likeness (QED) is 0.723. The summed E-state index contributed by atoms with van der Waals surface area (Å²) in [5.41, 5.74) is 5.90. The molecule has 0 spiro atoms. The van der Waals surface area contributed by atoms with E-state index in [9.17, 15) is 9.00 Å². The molecule has 154 valence electrons. The minimum Gasteiger partial charge on any atom is -0.442 e. The Labute approximate surface area is 170 Å². The van der Waals surface area contributed by atoms with Gasteiger partial charge in [0.05, 0.1) is 0 Å². The van der Waals surface area contributed by atoms with Gasteiger partial charge in [-0.25, -0.2) is 14.1 Å². The van der Waals surface area contributed by atoms with Crippen LogP contribution >= 0.6 is 0 Å². The maximum atomic E-state index is 13.1. The Bertz CT molecular complexity index is 1100. The standard InChI is InChI=1S/C20H25N5O3S/c1-12-6-7-15-16(12)10-13-4-2-5-14(13)18(15)23-20(26)24-29(21,27)17-11-22-25-8-3-9-28-19(17)25/h10,12H,2-9,11H2,1H3,(H2-,21,23,24,26,27)/p+1/t12-,29?/m1/s1. The van der Waals surface area contributed by atoms with Gasteiger partial charge in [0.2, 0.25) is 0 Å². The second-order valence-electron chi connectivity index (χ2n) is 8.19. The predicted molar refractivity (Wildman–Crippen MR) is 109 cm³/mol. The van der Waals surface area contributed by atoms with E-state index in [4.69, 9.17) is 9.88 Å². The predicted octanol–water partition coefficient (Wildman–Crippen LogP) is 3.17. The van der Waals surface area contributed by atoms with Gasteiger partial charge >= 0.3 is 11.9 Å². The average molecular weight is 417 g/mol. The molecule has 4 aliphatic rings. The van der Waals surface area contributed by atoms with Crippen molar-refractivity contribution in [2.75, 3.05) is 25.0 Å². The number of carbonyl (C=O) groups is 1. The van der Waals surface area contributed by atoms with Crippen molar-refractivity contribution in [3.8, 4) is 0 Å². The summed E-state index contributed by atoms with van der Waals surface area (Å²) in [7, 11) is -3.41. The number of rotatable bonds is 2. The van der Waals surface area contributed by atoms with Crippen LogP contribution in [0, 0.1) is 0 Å². The van der Waals surface area contributed by atoms with Crippen LogP contribution in [-0.2, 0) is 33.9 Å². The van der Waals surface area contributed by atoms with Crippen LogP contribution in [0.2, 0.25) is 0 Å². The van der Waals surface area contributed by atoms with Gasteiger partial charge in [-0.2, -0.15) is 0 Å². The van der Waals surface area contributed by atoms with Gasteiger partial charge < -0.3 is 10.1 Å². The van der Waals surface area contributed by atoms with Crippen molar-refractivity contribution < 1.29 is 18.4 Å². The number of hydrogen-bond donors (Lipinski definition) is 2. The van der Waals surface area contributed by atoms with Gasteiger partial charge in [0.1, 0.15) is 13.2 Å². The van der Waals surface area contributed by atoms with Gasteiger partial charge in [-0.3, -0.25) is 0 Å². The molecular weight excluding hydrogens is 390 g/mol. The van der Waals surface area contributed by atoms with E-state index in [0.29, 0.717) is 29.9 Å². The van der Waals surface area contributed by atoms with Gasteiger partial charge in [0.25, 0.3) is 0 Å². The summed E-state index contributed by atoms with van der Waals surface area (Å²) in [5, 5.41) is 13.2. The Kier molecular flexibility index (Phi) is 4.47. The molecule has 1 saturated heterocycles. The van der Waals surface area contributed by atoms with Crippen LogP contribution in [0.15, 0.2) is 26.3 Å². The van der Waals surface area contributed by atoms with E-state index < -0.39 is 15.9 Å². The highest BCUT2D eigenvalue weighted by atomic mass is 32.2. The highest BCUT2D eigenvalue weighted by molar-refractivity contribution is 7.95. The molecule has 2 heterocycles. The van der Waals surface area contributed by atoms with E-state index in [1.165, 1.54) is 22.3 Å². The van der Waals surface area contributed by atoms with Crippen molar-refractivity contribution >= 4 is 21.6 Å². The molecule has 0 radical (unpaired) electrons. The van der Waals surface area contributed by atoms with Crippen molar-refractivity contribution in [2.45, 2.75) is 51.4 Å². The molecular formula is C20H26N5O3S+. The minimum atomic E-state index is -3.41. The smallest absolute Gasteiger partial charge is 0.410 e. The van der Waals surface area contributed by atoms with Crippen molar-refractivity contribution in [3.05, 3.63) is 39.1 Å². The first-order valence-electron chi connectivity index (χ1n) is 10.3. The van der Waals surface area contributed by atoms with Gasteiger partial charge in [0, 0.05) is 12.1 Å². The fourth-order valence-corrected chi connectivity index (χ4v) is 5.91. The number of azo groups is 2. The number of nitrogens with two attached hydrogens (primary N) is 1. The fourth-order valence-electron chi connectivity index (χ4n) is 4.85. The second-order valence-corrected chi connectivity index (χ2v) is 10.0. The monoisotopic (exact) mass is 416 g/mol. The lowest BCUT2D eigenvalue weighted by molar-refractivity contribution is -0.581. The number of hydrogen-bond acceptors (Lipinski definition) is 4. The molecule has 1 aromatic rings. The van der Waals surface area contributed by atoms with Crippen LogP contribution in [0.25, 0.3) is 0 Å². The van der Waals surface area contributed by atoms with E-state index >= 15 is 0 Å². The lowest BCUT2D eigenvalue weighted by atomic mass is 9.96. The summed E-state index contributed by atoms with van der Waals surface area (Å²) < 4.78 is 24.2. The molecule has 2 atom stereocenters. The van der Waals surface area contributed by atoms with E-state index in [2.05, 4.69) is 27.8 Å². The van der Waals surface area contributed by atoms with Gasteiger partial charge in [-0.05, 0) is 65.4 Å². The summed E-state index contributed by atoms with van der Waals surface area (Å²) in [6, 6.07) is 1.65. The third-order valence-electron chi connectivity index (χ3n) is 6.32. The summed E-state index contributed by atoms with van der Waals surface area (Å²) >= 11 is 0. The summed E-state index contributed by atoms with van der Waals surface area (Å²) in [4.78, 5) is 13.1. The molecule has 1 fully saturated rings. The molecule has 0 bridgehead atoms. The summed E-state index contributed by atoms with van der Waals surface area (Å²) in [6.45, 7) is 3.59. The zero-order chi connectivity index (χ0) is 20.2. The van der Waals surface area contributed by atoms with Crippen molar-refractivity contribution in [3.63, 3.8) is 0 Å². The summed E-state index contributed by atoms with van der Waals surface area (Å²) in [6.07, 6.45) is 5.93. The maximum absolute atomic E-state index is 13.1. The first kappa shape index (κ1) is 18.7. The number of nitrogens with zero attached hydrogens (tertiary/aromatic N) is 3. The highest BCUT2D eigenvalue weighted by Gasteiger charge is 2.38. The van der Waals surface area contributed by atoms with Gasteiger partial charge in [-0.15, -0.1) is 4.36 Å². The molecule has 2 amide bonds. The SMILES string of the molecule is C[C@@H]1CCc2c1cc1c(c2NC(=O)N=S(N)(=O)C2=C3OCCC[N+]3=NC2)CCC1. The normalized spacial score (nSPS) is 24.2. The number of carbonyl (C=O) groups excluding carboxylic acids is 1. The van der Waals surface area contributed by atoms with Gasteiger partial charge in [0.15, 0.2) is 21.4 Å². The van der Waals surface area contributed by atoms with Gasteiger partial charge in [-0.1, -0.05) is 17.7 Å². The Morgan fingerprint density at radius 1 is 1.34 bits per heavy atom. The molecule has 5 rings (SSSR count). The van der Waals surface area contributed by atoms with Crippen LogP contribution in [0.4, 0.5) is 10.5 Å². The largest absolute Gasteiger partial charge is 0.442 e. The lowest BCUT2D eigenvalue weighted by Gasteiger charge is -2.16. The van der Waals surface area contributed by atoms with Crippen LogP contribution < -0.4 is 10.5 Å². The van der Waals surface area contributed by atoms with E-state index in [1.54, 1.807) is 4.70 Å². The third-order valence-corrected chi connectivity index (χ3v) is 7.76. The number of anilines is 1. The second kappa shape index (κ2) is 6.91. The molecule has 1 aromatic carbocycles. The number of aryl methyl sites for hydroxylation is 1. The van der Waals surface area contributed by atoms with Crippen LogP contribution in [-0.4, -0.2) is 34.6 Å². The Balaban J connectivity index is 1.48. The lowest BCUT2D eigenvalue weighted by Crippen LogP contribution is -2.25. The zero-order valence-electron chi connectivity index (χ0n) is 16.6. The Morgan fingerprint density at radius 2 is 2.21 bits per heavy atom. The van der Waals surface area contributed by atoms with Crippen molar-refractivity contribution in [2.24, 2.45) is 14.6 Å². The van der Waals surface area contributed by atoms with E-state index in [-0.39, 0.29) is 6.54 Å². The molecule has 2 aliphatic carbocycles. The number of benzene rings is 1. The average Bonchev–Trinajstić information content (AvgIpc) is 3.40. The highest BCUT2D eigenvalue weighted by Crippen LogP contribution is 2.43.